The zero-order valence-electron chi connectivity index (χ0n) is 12.0. The highest BCUT2D eigenvalue weighted by atomic mass is 16.5. The van der Waals surface area contributed by atoms with Gasteiger partial charge in [0.1, 0.15) is 5.60 Å². The molecule has 0 spiro atoms. The normalized spacial score (nSPS) is 25.6. The van der Waals surface area contributed by atoms with Gasteiger partial charge in [-0.05, 0) is 32.6 Å². The number of carboxylic acid groups (broad SMARTS) is 1. The highest BCUT2D eigenvalue weighted by Gasteiger charge is 2.45. The number of hydrogen-bond donors (Lipinski definition) is 1. The molecule has 2 fully saturated rings. The fourth-order valence-corrected chi connectivity index (χ4v) is 3.15. The fraction of sp³-hybridized carbons (Fsp3) is 0.857. The lowest BCUT2D eigenvalue weighted by Gasteiger charge is -2.38. The van der Waals surface area contributed by atoms with Crippen LogP contribution in [0.25, 0.3) is 0 Å². The van der Waals surface area contributed by atoms with Crippen molar-refractivity contribution in [2.24, 2.45) is 0 Å². The highest BCUT2D eigenvalue weighted by Crippen LogP contribution is 2.35. The van der Waals surface area contributed by atoms with Crippen molar-refractivity contribution in [3.8, 4) is 0 Å². The average molecular weight is 285 g/mol. The molecule has 1 unspecified atom stereocenters. The van der Waals surface area contributed by atoms with Crippen LogP contribution in [0, 0.1) is 0 Å². The lowest BCUT2D eigenvalue weighted by Crippen LogP contribution is -2.55. The van der Waals surface area contributed by atoms with E-state index in [1.165, 1.54) is 0 Å². The first-order chi connectivity index (χ1) is 9.57. The van der Waals surface area contributed by atoms with E-state index in [2.05, 4.69) is 0 Å². The number of rotatable bonds is 5. The van der Waals surface area contributed by atoms with Crippen LogP contribution in [0.3, 0.4) is 0 Å². The Kier molecular flexibility index (Phi) is 4.99. The zero-order valence-corrected chi connectivity index (χ0v) is 12.0. The van der Waals surface area contributed by atoms with Gasteiger partial charge < -0.3 is 19.5 Å². The number of ether oxygens (including phenoxy) is 2. The highest BCUT2D eigenvalue weighted by molar-refractivity contribution is 5.86. The number of carboxylic acids is 1. The van der Waals surface area contributed by atoms with Crippen molar-refractivity contribution in [2.45, 2.75) is 50.7 Å². The summed E-state index contributed by atoms with van der Waals surface area (Å²) in [4.78, 5) is 25.2. The number of amides is 1. The molecule has 1 atom stereocenters. The molecule has 6 heteroatoms. The van der Waals surface area contributed by atoms with E-state index >= 15 is 0 Å². The van der Waals surface area contributed by atoms with E-state index in [1.807, 2.05) is 6.92 Å². The summed E-state index contributed by atoms with van der Waals surface area (Å²) in [6, 6.07) is 0. The molecule has 0 aromatic rings. The largest absolute Gasteiger partial charge is 0.481 e. The number of nitrogens with zero attached hydrogens (tertiary/aromatic N) is 1. The van der Waals surface area contributed by atoms with Crippen LogP contribution in [-0.2, 0) is 19.1 Å². The molecule has 1 aliphatic carbocycles. The third-order valence-electron chi connectivity index (χ3n) is 4.05. The van der Waals surface area contributed by atoms with Gasteiger partial charge in [-0.25, -0.2) is 0 Å². The molecule has 1 heterocycles. The Morgan fingerprint density at radius 1 is 1.40 bits per heavy atom. The molecule has 1 saturated heterocycles. The molecule has 0 aromatic carbocycles. The molecule has 6 nitrogen and oxygen atoms in total. The van der Waals surface area contributed by atoms with Crippen LogP contribution in [0.2, 0.25) is 0 Å². The second-order valence-electron chi connectivity index (χ2n) is 5.48. The molecular weight excluding hydrogens is 262 g/mol. The second-order valence-corrected chi connectivity index (χ2v) is 5.48. The van der Waals surface area contributed by atoms with Crippen LogP contribution in [0.15, 0.2) is 0 Å². The second kappa shape index (κ2) is 6.54. The molecule has 114 valence electrons. The van der Waals surface area contributed by atoms with Crippen LogP contribution in [-0.4, -0.2) is 59.9 Å². The summed E-state index contributed by atoms with van der Waals surface area (Å²) < 4.78 is 11.2. The Labute approximate surface area is 119 Å². The Hall–Kier alpha value is -1.14. The third kappa shape index (κ3) is 3.30. The average Bonchev–Trinajstić information content (AvgIpc) is 2.87. The number of aliphatic carboxylic acids is 1. The molecule has 0 radical (unpaired) electrons. The van der Waals surface area contributed by atoms with Gasteiger partial charge in [0.25, 0.3) is 5.91 Å². The van der Waals surface area contributed by atoms with Gasteiger partial charge in [-0.15, -0.1) is 0 Å². The molecular formula is C14H23NO5. The molecule has 1 N–H and O–H groups in total. The smallest absolute Gasteiger partial charge is 0.306 e. The van der Waals surface area contributed by atoms with Crippen LogP contribution in [0.4, 0.5) is 0 Å². The predicted octanol–water partition coefficient (Wildman–Crippen LogP) is 1.04. The van der Waals surface area contributed by atoms with E-state index in [1.54, 1.807) is 4.90 Å². The first-order valence-corrected chi connectivity index (χ1v) is 7.34. The van der Waals surface area contributed by atoms with Crippen molar-refractivity contribution >= 4 is 11.9 Å². The van der Waals surface area contributed by atoms with Crippen molar-refractivity contribution in [1.82, 2.24) is 4.90 Å². The van der Waals surface area contributed by atoms with Gasteiger partial charge in [0.2, 0.25) is 0 Å². The predicted molar refractivity (Wildman–Crippen MR) is 71.4 cm³/mol. The Bertz CT molecular complexity index is 365. The quantitative estimate of drug-likeness (QED) is 0.816. The van der Waals surface area contributed by atoms with Gasteiger partial charge in [-0.2, -0.15) is 0 Å². The summed E-state index contributed by atoms with van der Waals surface area (Å²) in [6.45, 7) is 3.68. The molecule has 2 aliphatic rings. The molecule has 0 aromatic heterocycles. The maximum Gasteiger partial charge on any atom is 0.306 e. The van der Waals surface area contributed by atoms with Gasteiger partial charge >= 0.3 is 5.97 Å². The summed E-state index contributed by atoms with van der Waals surface area (Å²) in [5.74, 6) is -0.889. The molecule has 1 amide bonds. The lowest BCUT2D eigenvalue weighted by atomic mass is 9.99. The molecule has 1 saturated carbocycles. The van der Waals surface area contributed by atoms with E-state index < -0.39 is 17.7 Å². The van der Waals surface area contributed by atoms with Crippen molar-refractivity contribution < 1.29 is 24.2 Å². The van der Waals surface area contributed by atoms with E-state index in [0.717, 1.165) is 25.7 Å². The van der Waals surface area contributed by atoms with Gasteiger partial charge in [0.15, 0.2) is 0 Å². The number of hydrogen-bond acceptors (Lipinski definition) is 4. The zero-order chi connectivity index (χ0) is 14.6. The van der Waals surface area contributed by atoms with Gasteiger partial charge in [0, 0.05) is 19.7 Å². The standard InChI is InChI=1S/C14H23NO5/c1-2-20-14(5-3-4-6-14)13(18)15-7-8-19-11(10-15)9-12(16)17/h11H,2-10H2,1H3,(H,16,17). The van der Waals surface area contributed by atoms with Crippen LogP contribution in [0.5, 0.6) is 0 Å². The summed E-state index contributed by atoms with van der Waals surface area (Å²) >= 11 is 0. The van der Waals surface area contributed by atoms with E-state index in [-0.39, 0.29) is 12.3 Å². The molecule has 0 bridgehead atoms. The van der Waals surface area contributed by atoms with Crippen molar-refractivity contribution in [2.75, 3.05) is 26.3 Å². The Morgan fingerprint density at radius 3 is 2.70 bits per heavy atom. The first-order valence-electron chi connectivity index (χ1n) is 7.34. The molecule has 1 aliphatic heterocycles. The summed E-state index contributed by atoms with van der Waals surface area (Å²) in [5, 5.41) is 8.83. The minimum absolute atomic E-state index is 0.00976. The topological polar surface area (TPSA) is 76.1 Å². The Balaban J connectivity index is 2.01. The van der Waals surface area contributed by atoms with Gasteiger partial charge in [-0.3, -0.25) is 9.59 Å². The maximum atomic E-state index is 12.7. The molecule has 20 heavy (non-hydrogen) atoms. The Morgan fingerprint density at radius 2 is 2.10 bits per heavy atom. The summed E-state index contributed by atoms with van der Waals surface area (Å²) in [6.07, 6.45) is 3.07. The first kappa shape index (κ1) is 15.3. The lowest BCUT2D eigenvalue weighted by molar-refractivity contribution is -0.166. The maximum absolute atomic E-state index is 12.7. The van der Waals surface area contributed by atoms with E-state index in [9.17, 15) is 9.59 Å². The van der Waals surface area contributed by atoms with Crippen molar-refractivity contribution in [3.05, 3.63) is 0 Å². The fourth-order valence-electron chi connectivity index (χ4n) is 3.15. The van der Waals surface area contributed by atoms with Crippen LogP contribution < -0.4 is 0 Å². The van der Waals surface area contributed by atoms with E-state index in [4.69, 9.17) is 14.6 Å². The third-order valence-corrected chi connectivity index (χ3v) is 4.05. The monoisotopic (exact) mass is 285 g/mol. The minimum Gasteiger partial charge on any atom is -0.481 e. The SMILES string of the molecule is CCOC1(C(=O)N2CCOC(CC(=O)O)C2)CCCC1. The van der Waals surface area contributed by atoms with Crippen molar-refractivity contribution in [3.63, 3.8) is 0 Å². The molecule has 2 rings (SSSR count). The summed E-state index contributed by atoms with van der Waals surface area (Å²) in [7, 11) is 0. The minimum atomic E-state index is -0.898. The van der Waals surface area contributed by atoms with Crippen LogP contribution in [0.1, 0.15) is 39.0 Å². The van der Waals surface area contributed by atoms with Crippen molar-refractivity contribution in [1.29, 1.82) is 0 Å². The van der Waals surface area contributed by atoms with Gasteiger partial charge in [0.05, 0.1) is 19.1 Å². The number of carbonyl (C=O) groups is 2. The van der Waals surface area contributed by atoms with Crippen LogP contribution >= 0.6 is 0 Å². The van der Waals surface area contributed by atoms with E-state index in [0.29, 0.717) is 26.3 Å². The van der Waals surface area contributed by atoms with Gasteiger partial charge in [-0.1, -0.05) is 0 Å². The summed E-state index contributed by atoms with van der Waals surface area (Å²) in [5.41, 5.74) is -0.681. The number of morpholine rings is 1. The number of carbonyl (C=O) groups excluding carboxylic acids is 1.